The van der Waals surface area contributed by atoms with Gasteiger partial charge in [-0.3, -0.25) is 4.79 Å². The zero-order valence-corrected chi connectivity index (χ0v) is 13.3. The summed E-state index contributed by atoms with van der Waals surface area (Å²) in [6.45, 7) is 4.13. The van der Waals surface area contributed by atoms with Crippen molar-refractivity contribution in [1.82, 2.24) is 9.55 Å². The number of nitrogens with two attached hydrogens (primary N) is 1. The summed E-state index contributed by atoms with van der Waals surface area (Å²) in [5, 5.41) is 0. The maximum Gasteiger partial charge on any atom is 0.224 e. The van der Waals surface area contributed by atoms with Crippen LogP contribution in [0.15, 0.2) is 18.2 Å². The highest BCUT2D eigenvalue weighted by Crippen LogP contribution is 2.26. The van der Waals surface area contributed by atoms with Gasteiger partial charge in [0.1, 0.15) is 11.6 Å². The normalized spacial score (nSPS) is 11.8. The molecule has 0 radical (unpaired) electrons. The number of hydrogen-bond acceptors (Lipinski definition) is 3. The Morgan fingerprint density at radius 3 is 2.76 bits per heavy atom. The molecule has 2 N–H and O–H groups in total. The lowest BCUT2D eigenvalue weighted by Gasteiger charge is -2.22. The zero-order chi connectivity index (χ0) is 15.6. The number of benzene rings is 1. The van der Waals surface area contributed by atoms with Crippen molar-refractivity contribution in [1.29, 1.82) is 0 Å². The van der Waals surface area contributed by atoms with Gasteiger partial charge in [0.2, 0.25) is 5.91 Å². The van der Waals surface area contributed by atoms with E-state index in [4.69, 9.17) is 22.1 Å². The number of nitrogens with zero attached hydrogens (tertiary/aromatic N) is 2. The third-order valence-corrected chi connectivity index (χ3v) is 3.76. The van der Waals surface area contributed by atoms with Crippen LogP contribution in [-0.2, 0) is 17.8 Å². The Labute approximate surface area is 129 Å². The average Bonchev–Trinajstić information content (AvgIpc) is 2.75. The van der Waals surface area contributed by atoms with Crippen LogP contribution in [0.25, 0.3) is 11.0 Å². The second-order valence-corrected chi connectivity index (χ2v) is 6.03. The van der Waals surface area contributed by atoms with Crippen LogP contribution < -0.4 is 10.5 Å². The number of imidazole rings is 1. The van der Waals surface area contributed by atoms with E-state index in [9.17, 15) is 4.79 Å². The van der Waals surface area contributed by atoms with Crippen molar-refractivity contribution in [3.05, 3.63) is 24.0 Å². The number of primary amides is 1. The number of methoxy groups -OCH3 is 1. The molecule has 5 nitrogen and oxygen atoms in total. The molecule has 6 heteroatoms. The average molecular weight is 310 g/mol. The largest absolute Gasteiger partial charge is 0.497 e. The topological polar surface area (TPSA) is 70.1 Å². The lowest BCUT2D eigenvalue weighted by Crippen LogP contribution is -2.35. The minimum Gasteiger partial charge on any atom is -0.497 e. The highest BCUT2D eigenvalue weighted by molar-refractivity contribution is 6.17. The van der Waals surface area contributed by atoms with Gasteiger partial charge in [-0.25, -0.2) is 4.98 Å². The first-order chi connectivity index (χ1) is 9.89. The second kappa shape index (κ2) is 5.93. The van der Waals surface area contributed by atoms with Gasteiger partial charge in [0.25, 0.3) is 0 Å². The summed E-state index contributed by atoms with van der Waals surface area (Å²) in [7, 11) is 1.62. The number of amides is 1. The first kappa shape index (κ1) is 15.6. The predicted octanol–water partition coefficient (Wildman–Crippen LogP) is 2.34. The van der Waals surface area contributed by atoms with E-state index in [2.05, 4.69) is 4.98 Å². The van der Waals surface area contributed by atoms with Crippen LogP contribution in [0.2, 0.25) is 0 Å². The molecule has 1 aromatic carbocycles. The monoisotopic (exact) mass is 309 g/mol. The summed E-state index contributed by atoms with van der Waals surface area (Å²) in [5.74, 6) is 1.73. The number of fused-ring (bicyclic) bond motifs is 1. The van der Waals surface area contributed by atoms with Gasteiger partial charge in [-0.05, 0) is 26.0 Å². The molecule has 2 aromatic rings. The molecule has 114 valence electrons. The maximum absolute atomic E-state index is 11.6. The third-order valence-electron chi connectivity index (χ3n) is 3.57. The molecule has 21 heavy (non-hydrogen) atoms. The number of alkyl halides is 1. The predicted molar refractivity (Wildman–Crippen MR) is 83.7 cm³/mol. The number of aromatic nitrogens is 2. The van der Waals surface area contributed by atoms with Crippen molar-refractivity contribution < 1.29 is 9.53 Å². The van der Waals surface area contributed by atoms with Crippen molar-refractivity contribution in [2.75, 3.05) is 13.0 Å². The molecule has 0 saturated carbocycles. The van der Waals surface area contributed by atoms with E-state index in [0.717, 1.165) is 22.6 Å². The van der Waals surface area contributed by atoms with E-state index in [1.165, 1.54) is 0 Å². The Morgan fingerprint density at radius 2 is 2.19 bits per heavy atom. The summed E-state index contributed by atoms with van der Waals surface area (Å²) in [5.41, 5.74) is 6.60. The quantitative estimate of drug-likeness (QED) is 0.833. The number of hydrogen-bond donors (Lipinski definition) is 1. The van der Waals surface area contributed by atoms with Gasteiger partial charge in [-0.2, -0.15) is 0 Å². The van der Waals surface area contributed by atoms with Crippen molar-refractivity contribution >= 4 is 28.5 Å². The van der Waals surface area contributed by atoms with Gasteiger partial charge in [0, 0.05) is 24.9 Å². The first-order valence-corrected chi connectivity index (χ1v) is 7.31. The first-order valence-electron chi connectivity index (χ1n) is 6.78. The molecule has 0 unspecified atom stereocenters. The molecule has 0 aliphatic heterocycles. The van der Waals surface area contributed by atoms with Gasteiger partial charge in [0.15, 0.2) is 0 Å². The van der Waals surface area contributed by atoms with Crippen LogP contribution in [0.3, 0.4) is 0 Å². The van der Waals surface area contributed by atoms with Gasteiger partial charge < -0.3 is 15.0 Å². The molecule has 0 spiro atoms. The van der Waals surface area contributed by atoms with Crippen LogP contribution in [0, 0.1) is 5.41 Å². The molecule has 1 amide bonds. The molecule has 0 saturated heterocycles. The smallest absolute Gasteiger partial charge is 0.224 e. The molecular weight excluding hydrogens is 290 g/mol. The van der Waals surface area contributed by atoms with Crippen molar-refractivity contribution in [2.24, 2.45) is 11.1 Å². The number of aryl methyl sites for hydroxylation is 1. The van der Waals surface area contributed by atoms with E-state index in [1.54, 1.807) is 7.11 Å². The third kappa shape index (κ3) is 3.13. The summed E-state index contributed by atoms with van der Waals surface area (Å²) >= 11 is 5.86. The fraction of sp³-hybridized carbons (Fsp3) is 0.467. The molecule has 0 atom stereocenters. The molecule has 2 rings (SSSR count). The van der Waals surface area contributed by atoms with Crippen LogP contribution in [0.1, 0.15) is 19.7 Å². The van der Waals surface area contributed by atoms with E-state index in [1.807, 2.05) is 36.6 Å². The highest BCUT2D eigenvalue weighted by atomic mass is 35.5. The summed E-state index contributed by atoms with van der Waals surface area (Å²) in [4.78, 5) is 16.2. The summed E-state index contributed by atoms with van der Waals surface area (Å²) in [6, 6.07) is 5.69. The van der Waals surface area contributed by atoms with E-state index in [-0.39, 0.29) is 5.91 Å². The molecule has 1 heterocycles. The Kier molecular flexibility index (Phi) is 4.42. The Bertz CT molecular complexity index is 664. The lowest BCUT2D eigenvalue weighted by molar-refractivity contribution is -0.126. The molecule has 0 fully saturated rings. The van der Waals surface area contributed by atoms with Crippen LogP contribution in [0.5, 0.6) is 5.75 Å². The SMILES string of the molecule is COc1ccc2c(c1)nc(CCCl)n2CC(C)(C)C(N)=O. The standard InChI is InChI=1S/C15H20ClN3O2/c1-15(2,14(17)20)9-19-12-5-4-10(21-3)8-11(12)18-13(19)6-7-16/h4-5,8H,6-7,9H2,1-3H3,(H2,17,20). The van der Waals surface area contributed by atoms with E-state index < -0.39 is 5.41 Å². The van der Waals surface area contributed by atoms with E-state index in [0.29, 0.717) is 18.8 Å². The second-order valence-electron chi connectivity index (χ2n) is 5.66. The zero-order valence-electron chi connectivity index (χ0n) is 12.5. The molecule has 0 aliphatic rings. The van der Waals surface area contributed by atoms with Crippen LogP contribution in [0.4, 0.5) is 0 Å². The minimum atomic E-state index is -0.658. The summed E-state index contributed by atoms with van der Waals surface area (Å²) < 4.78 is 7.24. The lowest BCUT2D eigenvalue weighted by atomic mass is 9.92. The Morgan fingerprint density at radius 1 is 1.48 bits per heavy atom. The number of carbonyl (C=O) groups excluding carboxylic acids is 1. The van der Waals surface area contributed by atoms with Gasteiger partial charge in [-0.15, -0.1) is 11.6 Å². The van der Waals surface area contributed by atoms with Gasteiger partial charge in [0.05, 0.1) is 23.6 Å². The van der Waals surface area contributed by atoms with Crippen molar-refractivity contribution in [2.45, 2.75) is 26.8 Å². The number of ether oxygens (including phenoxy) is 1. The molecule has 1 aromatic heterocycles. The van der Waals surface area contributed by atoms with Gasteiger partial charge in [-0.1, -0.05) is 0 Å². The Hall–Kier alpha value is -1.75. The number of rotatable bonds is 6. The van der Waals surface area contributed by atoms with E-state index >= 15 is 0 Å². The van der Waals surface area contributed by atoms with Crippen molar-refractivity contribution in [3.63, 3.8) is 0 Å². The number of halogens is 1. The van der Waals surface area contributed by atoms with Crippen LogP contribution in [-0.4, -0.2) is 28.4 Å². The number of carbonyl (C=O) groups is 1. The van der Waals surface area contributed by atoms with Crippen molar-refractivity contribution in [3.8, 4) is 5.75 Å². The fourth-order valence-corrected chi connectivity index (χ4v) is 2.38. The molecule has 0 bridgehead atoms. The maximum atomic E-state index is 11.6. The molecular formula is C15H20ClN3O2. The summed E-state index contributed by atoms with van der Waals surface area (Å²) in [6.07, 6.45) is 0.632. The molecule has 0 aliphatic carbocycles. The Balaban J connectivity index is 2.53. The minimum absolute atomic E-state index is 0.338. The highest BCUT2D eigenvalue weighted by Gasteiger charge is 2.27. The fourth-order valence-electron chi connectivity index (χ4n) is 2.21. The van der Waals surface area contributed by atoms with Crippen LogP contribution >= 0.6 is 11.6 Å². The van der Waals surface area contributed by atoms with Gasteiger partial charge >= 0.3 is 0 Å².